The first-order chi connectivity index (χ1) is 20.2. The van der Waals surface area contributed by atoms with Gasteiger partial charge in [0.1, 0.15) is 18.2 Å². The Hall–Kier alpha value is -3.80. The largest absolute Gasteiger partial charge is 0.447 e. The number of rotatable bonds is 11. The number of anilines is 1. The third-order valence-corrected chi connectivity index (χ3v) is 7.79. The molecular formula is C31H39ClFN5O5. The van der Waals surface area contributed by atoms with E-state index in [0.29, 0.717) is 31.0 Å². The fraction of sp³-hybridized carbons (Fsp3) is 0.419. The number of likely N-dealkylation sites (N-methyl/N-ethyl adjacent to an activating group) is 1. The maximum Gasteiger partial charge on any atom is 0.412 e. The van der Waals surface area contributed by atoms with Crippen molar-refractivity contribution in [3.63, 3.8) is 0 Å². The zero-order valence-electron chi connectivity index (χ0n) is 23.4. The van der Waals surface area contributed by atoms with Crippen molar-refractivity contribution in [1.82, 2.24) is 20.1 Å². The molecule has 2 aromatic carbocycles. The SMILES string of the molecule is C.CN(C(=O)CCc1cccc(F)c1Cl)[C@@H](CCC(=O)N1CCNC(CO)C1)COC(=O)Nc1cc2ccccc2cn1. The molecule has 4 rings (SSSR count). The number of amides is 3. The molecule has 3 amide bonds. The lowest BCUT2D eigenvalue weighted by Crippen LogP contribution is -2.54. The number of aliphatic hydroxyl groups is 1. The molecule has 2 heterocycles. The van der Waals surface area contributed by atoms with Gasteiger partial charge in [-0.05, 0) is 35.9 Å². The van der Waals surface area contributed by atoms with Gasteiger partial charge < -0.3 is 25.0 Å². The van der Waals surface area contributed by atoms with Gasteiger partial charge in [0.25, 0.3) is 0 Å². The molecule has 43 heavy (non-hydrogen) atoms. The number of hydrogen-bond donors (Lipinski definition) is 3. The highest BCUT2D eigenvalue weighted by molar-refractivity contribution is 6.31. The smallest absolute Gasteiger partial charge is 0.412 e. The molecule has 12 heteroatoms. The standard InChI is InChI=1S/C30H35ClFN5O5.CH4/c1-36(27(39)11-9-20-7-4-8-25(32)29(20)31)24(10-12-28(40)37-14-13-33-23(17-37)18-38)19-42-30(41)35-26-15-21-5-2-3-6-22(21)16-34-26;/h2-8,15-16,23-24,33,38H,9-14,17-19H2,1H3,(H,34,35,41);1H4/t23?,24-;/m0./s1. The second-order valence-electron chi connectivity index (χ2n) is 10.2. The van der Waals surface area contributed by atoms with Gasteiger partial charge in [0.2, 0.25) is 11.8 Å². The highest BCUT2D eigenvalue weighted by atomic mass is 35.5. The van der Waals surface area contributed by atoms with Crippen molar-refractivity contribution in [2.24, 2.45) is 0 Å². The van der Waals surface area contributed by atoms with Gasteiger partial charge in [-0.1, -0.05) is 55.4 Å². The van der Waals surface area contributed by atoms with E-state index >= 15 is 0 Å². The molecular weight excluding hydrogens is 577 g/mol. The predicted molar refractivity (Wildman–Crippen MR) is 164 cm³/mol. The summed E-state index contributed by atoms with van der Waals surface area (Å²) in [7, 11) is 1.59. The number of aromatic nitrogens is 1. The van der Waals surface area contributed by atoms with Gasteiger partial charge in [0, 0.05) is 57.1 Å². The first-order valence-corrected chi connectivity index (χ1v) is 14.2. The molecule has 232 valence electrons. The van der Waals surface area contributed by atoms with Gasteiger partial charge >= 0.3 is 6.09 Å². The van der Waals surface area contributed by atoms with Crippen LogP contribution in [0.5, 0.6) is 0 Å². The molecule has 1 fully saturated rings. The molecule has 1 aliphatic heterocycles. The average Bonchev–Trinajstić information content (AvgIpc) is 3.01. The monoisotopic (exact) mass is 615 g/mol. The molecule has 1 aliphatic rings. The van der Waals surface area contributed by atoms with E-state index in [1.54, 1.807) is 30.3 Å². The number of hydrogen-bond acceptors (Lipinski definition) is 7. The van der Waals surface area contributed by atoms with Crippen molar-refractivity contribution in [1.29, 1.82) is 0 Å². The van der Waals surface area contributed by atoms with Crippen molar-refractivity contribution >= 4 is 46.1 Å². The molecule has 0 saturated carbocycles. The number of pyridine rings is 1. The Kier molecular flexibility index (Phi) is 12.7. The summed E-state index contributed by atoms with van der Waals surface area (Å²) in [5.74, 6) is -0.616. The summed E-state index contributed by atoms with van der Waals surface area (Å²) in [5, 5.41) is 17.0. The lowest BCUT2D eigenvalue weighted by Gasteiger charge is -2.34. The first-order valence-electron chi connectivity index (χ1n) is 13.8. The van der Waals surface area contributed by atoms with Crippen LogP contribution in [-0.4, -0.2) is 89.8 Å². The highest BCUT2D eigenvalue weighted by Crippen LogP contribution is 2.22. The topological polar surface area (TPSA) is 124 Å². The fourth-order valence-corrected chi connectivity index (χ4v) is 5.06. The molecule has 0 aliphatic carbocycles. The first kappa shape index (κ1) is 33.7. The van der Waals surface area contributed by atoms with Crippen molar-refractivity contribution in [3.8, 4) is 0 Å². The second-order valence-corrected chi connectivity index (χ2v) is 10.6. The van der Waals surface area contributed by atoms with E-state index < -0.39 is 18.0 Å². The minimum Gasteiger partial charge on any atom is -0.447 e. The van der Waals surface area contributed by atoms with Crippen molar-refractivity contribution in [3.05, 3.63) is 71.1 Å². The van der Waals surface area contributed by atoms with Crippen LogP contribution < -0.4 is 10.6 Å². The number of aliphatic hydroxyl groups excluding tert-OH is 1. The Morgan fingerprint density at radius 2 is 1.98 bits per heavy atom. The minimum atomic E-state index is -0.741. The average molecular weight is 616 g/mol. The normalized spacial score (nSPS) is 15.3. The van der Waals surface area contributed by atoms with Crippen molar-refractivity contribution in [2.45, 2.75) is 45.2 Å². The number of carbonyl (C=O) groups is 3. The minimum absolute atomic E-state index is 0. The third kappa shape index (κ3) is 9.34. The van der Waals surface area contributed by atoms with E-state index in [1.807, 2.05) is 24.3 Å². The van der Waals surface area contributed by atoms with Gasteiger partial charge in [0.15, 0.2) is 0 Å². The van der Waals surface area contributed by atoms with E-state index in [2.05, 4.69) is 15.6 Å². The summed E-state index contributed by atoms with van der Waals surface area (Å²) in [5.41, 5.74) is 0.515. The molecule has 1 aromatic heterocycles. The predicted octanol–water partition coefficient (Wildman–Crippen LogP) is 4.24. The Labute approximate surface area is 256 Å². The molecule has 1 saturated heterocycles. The summed E-state index contributed by atoms with van der Waals surface area (Å²) in [4.78, 5) is 46.1. The van der Waals surface area contributed by atoms with E-state index in [-0.39, 0.29) is 69.2 Å². The Bertz CT molecular complexity index is 1410. The van der Waals surface area contributed by atoms with E-state index in [4.69, 9.17) is 16.3 Å². The van der Waals surface area contributed by atoms with Crippen LogP contribution in [0, 0.1) is 5.82 Å². The Morgan fingerprint density at radius 1 is 1.21 bits per heavy atom. The summed E-state index contributed by atoms with van der Waals surface area (Å²) < 4.78 is 19.3. The van der Waals surface area contributed by atoms with Crippen LogP contribution in [0.2, 0.25) is 5.02 Å². The number of halogens is 2. The second kappa shape index (κ2) is 16.2. The number of nitrogens with one attached hydrogen (secondary N) is 2. The number of piperazine rings is 1. The molecule has 2 atom stereocenters. The van der Waals surface area contributed by atoms with Gasteiger partial charge in [-0.15, -0.1) is 0 Å². The van der Waals surface area contributed by atoms with Crippen LogP contribution in [0.1, 0.15) is 32.3 Å². The van der Waals surface area contributed by atoms with Crippen molar-refractivity contribution < 1.29 is 28.6 Å². The van der Waals surface area contributed by atoms with E-state index in [1.165, 1.54) is 17.0 Å². The van der Waals surface area contributed by atoms with Crippen LogP contribution in [0.15, 0.2) is 54.7 Å². The van der Waals surface area contributed by atoms with E-state index in [9.17, 15) is 23.9 Å². The highest BCUT2D eigenvalue weighted by Gasteiger charge is 2.26. The van der Waals surface area contributed by atoms with Gasteiger partial charge in [-0.3, -0.25) is 14.9 Å². The van der Waals surface area contributed by atoms with Crippen LogP contribution in [0.4, 0.5) is 15.0 Å². The van der Waals surface area contributed by atoms with Crippen LogP contribution in [-0.2, 0) is 20.7 Å². The van der Waals surface area contributed by atoms with Gasteiger partial charge in [-0.25, -0.2) is 14.2 Å². The molecule has 1 unspecified atom stereocenters. The summed E-state index contributed by atoms with van der Waals surface area (Å²) in [6, 6.07) is 13.0. The molecule has 3 N–H and O–H groups in total. The summed E-state index contributed by atoms with van der Waals surface area (Å²) >= 11 is 6.05. The van der Waals surface area contributed by atoms with Crippen molar-refractivity contribution in [2.75, 3.05) is 45.2 Å². The van der Waals surface area contributed by atoms with Crippen LogP contribution in [0.3, 0.4) is 0 Å². The Morgan fingerprint density at radius 3 is 2.74 bits per heavy atom. The number of aryl methyl sites for hydroxylation is 1. The number of nitrogens with zero attached hydrogens (tertiary/aromatic N) is 3. The number of benzene rings is 2. The molecule has 10 nitrogen and oxygen atoms in total. The third-order valence-electron chi connectivity index (χ3n) is 7.37. The molecule has 0 radical (unpaired) electrons. The molecule has 0 bridgehead atoms. The van der Waals surface area contributed by atoms with E-state index in [0.717, 1.165) is 10.8 Å². The van der Waals surface area contributed by atoms with Crippen LogP contribution >= 0.6 is 11.6 Å². The lowest BCUT2D eigenvalue weighted by atomic mass is 10.1. The Balaban J connectivity index is 0.00000506. The fourth-order valence-electron chi connectivity index (χ4n) is 4.84. The van der Waals surface area contributed by atoms with Gasteiger partial charge in [0.05, 0.1) is 17.7 Å². The maximum atomic E-state index is 13.8. The molecule has 0 spiro atoms. The number of carbonyl (C=O) groups excluding carboxylic acids is 3. The number of fused-ring (bicyclic) bond motifs is 1. The lowest BCUT2D eigenvalue weighted by molar-refractivity contribution is -0.136. The number of ether oxygens (including phenoxy) is 1. The van der Waals surface area contributed by atoms with Gasteiger partial charge in [-0.2, -0.15) is 0 Å². The maximum absolute atomic E-state index is 13.8. The zero-order chi connectivity index (χ0) is 30.1. The summed E-state index contributed by atoms with van der Waals surface area (Å²) in [6.07, 6.45) is 1.55. The quantitative estimate of drug-likeness (QED) is 0.295. The zero-order valence-corrected chi connectivity index (χ0v) is 24.1. The molecule has 3 aromatic rings. The van der Waals surface area contributed by atoms with Crippen LogP contribution in [0.25, 0.3) is 10.8 Å². The summed E-state index contributed by atoms with van der Waals surface area (Å²) in [6.45, 7) is 1.25.